The summed E-state index contributed by atoms with van der Waals surface area (Å²) in [6, 6.07) is 1.80. The van der Waals surface area contributed by atoms with Gasteiger partial charge in [-0.25, -0.2) is 0 Å². The first-order valence-corrected chi connectivity index (χ1v) is 8.62. The van der Waals surface area contributed by atoms with E-state index in [4.69, 9.17) is 0 Å². The highest BCUT2D eigenvalue weighted by atomic mass is 15.2. The Labute approximate surface area is 118 Å². The summed E-state index contributed by atoms with van der Waals surface area (Å²) < 4.78 is 0. The second-order valence-corrected chi connectivity index (χ2v) is 6.70. The van der Waals surface area contributed by atoms with Crippen LogP contribution in [0.2, 0.25) is 0 Å². The highest BCUT2D eigenvalue weighted by Crippen LogP contribution is 2.26. The standard InChI is InChI=1S/C16H31N3/c1-2-4-6-15(5-3-1)18-11-7-16(8-12-18)19-13-9-17-10-14-19/h15-17H,1-14H2. The molecule has 0 bridgehead atoms. The van der Waals surface area contributed by atoms with E-state index < -0.39 is 0 Å². The molecule has 3 nitrogen and oxygen atoms in total. The van der Waals surface area contributed by atoms with Crippen LogP contribution >= 0.6 is 0 Å². The summed E-state index contributed by atoms with van der Waals surface area (Å²) in [5.74, 6) is 0. The molecule has 0 spiro atoms. The lowest BCUT2D eigenvalue weighted by Gasteiger charge is -2.42. The molecule has 1 N–H and O–H groups in total. The van der Waals surface area contributed by atoms with Crippen molar-refractivity contribution < 1.29 is 0 Å². The van der Waals surface area contributed by atoms with Gasteiger partial charge in [0.05, 0.1) is 0 Å². The molecule has 110 valence electrons. The van der Waals surface area contributed by atoms with Crippen molar-refractivity contribution in [3.8, 4) is 0 Å². The Kier molecular flexibility index (Phi) is 5.14. The van der Waals surface area contributed by atoms with Crippen LogP contribution < -0.4 is 5.32 Å². The number of nitrogens with one attached hydrogen (secondary N) is 1. The van der Waals surface area contributed by atoms with Crippen molar-refractivity contribution in [3.63, 3.8) is 0 Å². The fourth-order valence-electron chi connectivity index (χ4n) is 4.29. The third kappa shape index (κ3) is 3.71. The fraction of sp³-hybridized carbons (Fsp3) is 1.00. The molecular weight excluding hydrogens is 234 g/mol. The zero-order valence-electron chi connectivity index (χ0n) is 12.4. The maximum atomic E-state index is 3.47. The predicted molar refractivity (Wildman–Crippen MR) is 80.5 cm³/mol. The van der Waals surface area contributed by atoms with Crippen molar-refractivity contribution in [1.82, 2.24) is 15.1 Å². The van der Waals surface area contributed by atoms with E-state index in [1.807, 2.05) is 0 Å². The molecule has 0 amide bonds. The monoisotopic (exact) mass is 265 g/mol. The first-order chi connectivity index (χ1) is 9.43. The van der Waals surface area contributed by atoms with Gasteiger partial charge in [0, 0.05) is 38.3 Å². The molecule has 2 aliphatic heterocycles. The van der Waals surface area contributed by atoms with E-state index in [1.165, 1.54) is 90.6 Å². The summed E-state index contributed by atoms with van der Waals surface area (Å²) in [5.41, 5.74) is 0. The van der Waals surface area contributed by atoms with E-state index >= 15 is 0 Å². The Morgan fingerprint density at radius 3 is 1.74 bits per heavy atom. The quantitative estimate of drug-likeness (QED) is 0.771. The van der Waals surface area contributed by atoms with Gasteiger partial charge in [-0.2, -0.15) is 0 Å². The van der Waals surface area contributed by atoms with Crippen LogP contribution in [0.15, 0.2) is 0 Å². The third-order valence-electron chi connectivity index (χ3n) is 5.51. The lowest BCUT2D eigenvalue weighted by Crippen LogP contribution is -2.53. The van der Waals surface area contributed by atoms with Crippen LogP contribution in [-0.4, -0.2) is 61.2 Å². The largest absolute Gasteiger partial charge is 0.314 e. The number of likely N-dealkylation sites (tertiary alicyclic amines) is 1. The van der Waals surface area contributed by atoms with Gasteiger partial charge in [-0.15, -0.1) is 0 Å². The smallest absolute Gasteiger partial charge is 0.0121 e. The molecule has 19 heavy (non-hydrogen) atoms. The van der Waals surface area contributed by atoms with E-state index in [-0.39, 0.29) is 0 Å². The highest BCUT2D eigenvalue weighted by molar-refractivity contribution is 4.85. The van der Waals surface area contributed by atoms with Crippen LogP contribution in [0.25, 0.3) is 0 Å². The predicted octanol–water partition coefficient (Wildman–Crippen LogP) is 2.08. The first-order valence-electron chi connectivity index (χ1n) is 8.62. The molecule has 0 unspecified atom stereocenters. The Morgan fingerprint density at radius 1 is 0.579 bits per heavy atom. The lowest BCUT2D eigenvalue weighted by atomic mass is 9.98. The molecule has 0 aromatic rings. The van der Waals surface area contributed by atoms with Gasteiger partial charge in [0.1, 0.15) is 0 Å². The Balaban J connectivity index is 1.45. The summed E-state index contributed by atoms with van der Waals surface area (Å²) in [5, 5.41) is 3.47. The molecule has 1 saturated carbocycles. The van der Waals surface area contributed by atoms with Gasteiger partial charge in [0.15, 0.2) is 0 Å². The average Bonchev–Trinajstić information content (AvgIpc) is 2.77. The zero-order chi connectivity index (χ0) is 12.9. The summed E-state index contributed by atoms with van der Waals surface area (Å²) >= 11 is 0. The molecule has 3 heteroatoms. The van der Waals surface area contributed by atoms with Crippen LogP contribution in [0, 0.1) is 0 Å². The molecule has 3 fully saturated rings. The Bertz CT molecular complexity index is 247. The molecule has 1 aliphatic carbocycles. The number of hydrogen-bond donors (Lipinski definition) is 1. The number of piperidine rings is 1. The minimum atomic E-state index is 0.879. The lowest BCUT2D eigenvalue weighted by molar-refractivity contribution is 0.0716. The molecule has 0 aromatic carbocycles. The number of piperazine rings is 1. The minimum absolute atomic E-state index is 0.879. The minimum Gasteiger partial charge on any atom is -0.314 e. The van der Waals surface area contributed by atoms with Gasteiger partial charge >= 0.3 is 0 Å². The fourth-order valence-corrected chi connectivity index (χ4v) is 4.29. The van der Waals surface area contributed by atoms with E-state index in [1.54, 1.807) is 0 Å². The van der Waals surface area contributed by atoms with Crippen LogP contribution in [-0.2, 0) is 0 Å². The highest BCUT2D eigenvalue weighted by Gasteiger charge is 2.28. The summed E-state index contributed by atoms with van der Waals surface area (Å²) in [7, 11) is 0. The van der Waals surface area contributed by atoms with E-state index in [2.05, 4.69) is 15.1 Å². The van der Waals surface area contributed by atoms with E-state index in [0.29, 0.717) is 0 Å². The summed E-state index contributed by atoms with van der Waals surface area (Å²) in [6.07, 6.45) is 11.7. The van der Waals surface area contributed by atoms with Gasteiger partial charge in [0.2, 0.25) is 0 Å². The SMILES string of the molecule is C1CCCC(N2CCC(N3CCNCC3)CC2)CC1. The van der Waals surface area contributed by atoms with Crippen LogP contribution in [0.3, 0.4) is 0 Å². The summed E-state index contributed by atoms with van der Waals surface area (Å²) in [4.78, 5) is 5.56. The van der Waals surface area contributed by atoms with E-state index in [9.17, 15) is 0 Å². The Hall–Kier alpha value is -0.120. The molecule has 2 saturated heterocycles. The van der Waals surface area contributed by atoms with Crippen LogP contribution in [0.1, 0.15) is 51.4 Å². The van der Waals surface area contributed by atoms with Gasteiger partial charge < -0.3 is 10.2 Å². The van der Waals surface area contributed by atoms with Crippen LogP contribution in [0.5, 0.6) is 0 Å². The van der Waals surface area contributed by atoms with Gasteiger partial charge in [0.25, 0.3) is 0 Å². The number of nitrogens with zero attached hydrogens (tertiary/aromatic N) is 2. The van der Waals surface area contributed by atoms with Crippen molar-refractivity contribution in [3.05, 3.63) is 0 Å². The van der Waals surface area contributed by atoms with Gasteiger partial charge in [-0.1, -0.05) is 25.7 Å². The van der Waals surface area contributed by atoms with Crippen molar-refractivity contribution >= 4 is 0 Å². The summed E-state index contributed by atoms with van der Waals surface area (Å²) in [6.45, 7) is 7.66. The second-order valence-electron chi connectivity index (χ2n) is 6.70. The second kappa shape index (κ2) is 7.05. The maximum Gasteiger partial charge on any atom is 0.0121 e. The zero-order valence-corrected chi connectivity index (χ0v) is 12.4. The third-order valence-corrected chi connectivity index (χ3v) is 5.51. The maximum absolute atomic E-state index is 3.47. The van der Waals surface area contributed by atoms with Crippen molar-refractivity contribution in [2.24, 2.45) is 0 Å². The van der Waals surface area contributed by atoms with Gasteiger partial charge in [-0.3, -0.25) is 4.90 Å². The molecule has 3 aliphatic rings. The molecule has 0 radical (unpaired) electrons. The Morgan fingerprint density at radius 2 is 1.11 bits per heavy atom. The first kappa shape index (κ1) is 13.8. The van der Waals surface area contributed by atoms with Gasteiger partial charge in [-0.05, 0) is 38.8 Å². The van der Waals surface area contributed by atoms with Crippen molar-refractivity contribution in [1.29, 1.82) is 0 Å². The normalized spacial score (nSPS) is 30.3. The molecule has 3 rings (SSSR count). The van der Waals surface area contributed by atoms with Crippen molar-refractivity contribution in [2.75, 3.05) is 39.3 Å². The van der Waals surface area contributed by atoms with E-state index in [0.717, 1.165) is 12.1 Å². The number of hydrogen-bond acceptors (Lipinski definition) is 3. The topological polar surface area (TPSA) is 18.5 Å². The molecular formula is C16H31N3. The van der Waals surface area contributed by atoms with Crippen molar-refractivity contribution in [2.45, 2.75) is 63.5 Å². The molecule has 2 heterocycles. The van der Waals surface area contributed by atoms with Crippen LogP contribution in [0.4, 0.5) is 0 Å². The number of rotatable bonds is 2. The molecule has 0 aromatic heterocycles. The average molecular weight is 265 g/mol. The molecule has 0 atom stereocenters.